The van der Waals surface area contributed by atoms with Crippen molar-refractivity contribution in [3.05, 3.63) is 52.9 Å². The number of allylic oxidation sites excluding steroid dienone is 1. The molecule has 0 aromatic carbocycles. The molecule has 30 heavy (non-hydrogen) atoms. The number of anilines is 1. The summed E-state index contributed by atoms with van der Waals surface area (Å²) in [5, 5.41) is 3.15. The second-order valence-corrected chi connectivity index (χ2v) is 7.17. The van der Waals surface area contributed by atoms with Crippen molar-refractivity contribution in [2.45, 2.75) is 46.0 Å². The van der Waals surface area contributed by atoms with E-state index < -0.39 is 12.8 Å². The minimum atomic E-state index is -4.39. The van der Waals surface area contributed by atoms with Gasteiger partial charge in [0, 0.05) is 43.2 Å². The third kappa shape index (κ3) is 6.45. The Morgan fingerprint density at radius 2 is 2.03 bits per heavy atom. The average Bonchev–Trinajstić information content (AvgIpc) is 2.70. The Kier molecular flexibility index (Phi) is 8.23. The molecular weight excluding hydrogens is 393 g/mol. The number of ether oxygens (including phenoxy) is 1. The smallest absolute Gasteiger partial charge is 0.422 e. The molecule has 0 aliphatic carbocycles. The van der Waals surface area contributed by atoms with Gasteiger partial charge in [-0.2, -0.15) is 13.2 Å². The largest absolute Gasteiger partial charge is 0.468 e. The van der Waals surface area contributed by atoms with Crippen molar-refractivity contribution in [2.75, 3.05) is 26.0 Å². The van der Waals surface area contributed by atoms with Gasteiger partial charge in [0.2, 0.25) is 5.88 Å². The van der Waals surface area contributed by atoms with Gasteiger partial charge >= 0.3 is 6.18 Å². The number of hydrogen-bond acceptors (Lipinski definition) is 5. The van der Waals surface area contributed by atoms with E-state index in [1.165, 1.54) is 0 Å². The van der Waals surface area contributed by atoms with Crippen LogP contribution in [0.25, 0.3) is 6.08 Å². The van der Waals surface area contributed by atoms with Crippen molar-refractivity contribution in [1.82, 2.24) is 14.9 Å². The molecule has 0 fully saturated rings. The molecule has 164 valence electrons. The number of alkyl halides is 3. The zero-order valence-corrected chi connectivity index (χ0v) is 18.0. The monoisotopic (exact) mass is 422 g/mol. The third-order valence-corrected chi connectivity index (χ3v) is 4.84. The van der Waals surface area contributed by atoms with Gasteiger partial charge in [0.25, 0.3) is 0 Å². The molecule has 8 heteroatoms. The Bertz CT molecular complexity index is 868. The van der Waals surface area contributed by atoms with Crippen LogP contribution in [-0.2, 0) is 6.54 Å². The second kappa shape index (κ2) is 10.4. The Balaban J connectivity index is 2.19. The van der Waals surface area contributed by atoms with Crippen molar-refractivity contribution in [2.24, 2.45) is 0 Å². The summed E-state index contributed by atoms with van der Waals surface area (Å²) in [5.74, 6) is 0.820. The van der Waals surface area contributed by atoms with Crippen molar-refractivity contribution in [3.8, 4) is 5.88 Å². The van der Waals surface area contributed by atoms with E-state index in [-0.39, 0.29) is 11.9 Å². The molecule has 0 amide bonds. The summed E-state index contributed by atoms with van der Waals surface area (Å²) in [6, 6.07) is 3.79. The lowest BCUT2D eigenvalue weighted by atomic mass is 10.0. The van der Waals surface area contributed by atoms with Gasteiger partial charge in [0.15, 0.2) is 6.61 Å². The van der Waals surface area contributed by atoms with E-state index in [1.807, 2.05) is 33.2 Å². The Labute approximate surface area is 176 Å². The van der Waals surface area contributed by atoms with Gasteiger partial charge in [-0.25, -0.2) is 9.97 Å². The molecule has 2 aromatic heterocycles. The first-order valence-electron chi connectivity index (χ1n) is 9.84. The quantitative estimate of drug-likeness (QED) is 0.588. The first-order valence-corrected chi connectivity index (χ1v) is 9.84. The first kappa shape index (κ1) is 23.7. The van der Waals surface area contributed by atoms with E-state index in [2.05, 4.69) is 39.3 Å². The molecule has 1 N–H and O–H groups in total. The summed E-state index contributed by atoms with van der Waals surface area (Å²) in [6.45, 7) is 5.10. The molecular formula is C22H29F3N4O. The SMILES string of the molecule is CC/C=C/c1ccnc(NC)c1CN(C)C(C)c1cnc(OCC(F)(F)F)c(C)c1. The minimum Gasteiger partial charge on any atom is -0.468 e. The van der Waals surface area contributed by atoms with Crippen LogP contribution in [0, 0.1) is 6.92 Å². The van der Waals surface area contributed by atoms with Crippen LogP contribution in [0.3, 0.4) is 0 Å². The normalized spacial score (nSPS) is 13.1. The Morgan fingerprint density at radius 1 is 1.30 bits per heavy atom. The molecule has 2 heterocycles. The highest BCUT2D eigenvalue weighted by Gasteiger charge is 2.29. The molecule has 0 aliphatic rings. The number of aryl methyl sites for hydroxylation is 1. The fraction of sp³-hybridized carbons (Fsp3) is 0.455. The van der Waals surface area contributed by atoms with E-state index in [0.29, 0.717) is 12.1 Å². The zero-order chi connectivity index (χ0) is 22.3. The highest BCUT2D eigenvalue weighted by Crippen LogP contribution is 2.28. The molecule has 0 saturated heterocycles. The van der Waals surface area contributed by atoms with Gasteiger partial charge in [-0.05, 0) is 50.6 Å². The predicted octanol–water partition coefficient (Wildman–Crippen LogP) is 5.38. The average molecular weight is 422 g/mol. The summed E-state index contributed by atoms with van der Waals surface area (Å²) in [4.78, 5) is 10.7. The minimum absolute atomic E-state index is 0.00245. The van der Waals surface area contributed by atoms with Gasteiger partial charge in [-0.3, -0.25) is 4.90 Å². The summed E-state index contributed by atoms with van der Waals surface area (Å²) in [5.41, 5.74) is 3.64. The summed E-state index contributed by atoms with van der Waals surface area (Å²) in [7, 11) is 3.84. The zero-order valence-electron chi connectivity index (χ0n) is 18.0. The lowest BCUT2D eigenvalue weighted by Crippen LogP contribution is -2.24. The summed E-state index contributed by atoms with van der Waals surface area (Å²) in [6.07, 6.45) is 4.10. The van der Waals surface area contributed by atoms with Crippen molar-refractivity contribution in [1.29, 1.82) is 0 Å². The van der Waals surface area contributed by atoms with Gasteiger partial charge in [-0.15, -0.1) is 0 Å². The molecule has 0 radical (unpaired) electrons. The van der Waals surface area contributed by atoms with Gasteiger partial charge in [0.1, 0.15) is 5.82 Å². The highest BCUT2D eigenvalue weighted by atomic mass is 19.4. The molecule has 2 aromatic rings. The number of hydrogen-bond donors (Lipinski definition) is 1. The van der Waals surface area contributed by atoms with E-state index in [1.54, 1.807) is 19.3 Å². The maximum absolute atomic E-state index is 12.4. The highest BCUT2D eigenvalue weighted by molar-refractivity contribution is 5.61. The molecule has 2 rings (SSSR count). The maximum atomic E-state index is 12.4. The Morgan fingerprint density at radius 3 is 2.63 bits per heavy atom. The van der Waals surface area contributed by atoms with Gasteiger partial charge < -0.3 is 10.1 Å². The van der Waals surface area contributed by atoms with E-state index >= 15 is 0 Å². The van der Waals surface area contributed by atoms with E-state index in [0.717, 1.165) is 28.9 Å². The Hall–Kier alpha value is -2.61. The lowest BCUT2D eigenvalue weighted by molar-refractivity contribution is -0.154. The molecule has 1 atom stereocenters. The second-order valence-electron chi connectivity index (χ2n) is 7.17. The van der Waals surface area contributed by atoms with Crippen LogP contribution >= 0.6 is 0 Å². The van der Waals surface area contributed by atoms with Crippen LogP contribution in [-0.4, -0.2) is 41.7 Å². The topological polar surface area (TPSA) is 50.3 Å². The van der Waals surface area contributed by atoms with E-state index in [9.17, 15) is 13.2 Å². The number of rotatable bonds is 9. The van der Waals surface area contributed by atoms with Crippen molar-refractivity contribution < 1.29 is 17.9 Å². The van der Waals surface area contributed by atoms with E-state index in [4.69, 9.17) is 4.74 Å². The van der Waals surface area contributed by atoms with Crippen LogP contribution in [0.2, 0.25) is 0 Å². The van der Waals surface area contributed by atoms with Crippen LogP contribution in [0.4, 0.5) is 19.0 Å². The maximum Gasteiger partial charge on any atom is 0.422 e. The number of pyridine rings is 2. The number of aromatic nitrogens is 2. The summed E-state index contributed by atoms with van der Waals surface area (Å²) >= 11 is 0. The molecule has 0 aliphatic heterocycles. The van der Waals surface area contributed by atoms with Crippen LogP contribution in [0.1, 0.15) is 48.6 Å². The molecule has 0 bridgehead atoms. The van der Waals surface area contributed by atoms with Crippen LogP contribution in [0.5, 0.6) is 5.88 Å². The molecule has 0 saturated carbocycles. The van der Waals surface area contributed by atoms with Gasteiger partial charge in [0.05, 0.1) is 0 Å². The first-order chi connectivity index (χ1) is 14.2. The standard InChI is InChI=1S/C22H29F3N4O/c1-6-7-8-17-9-10-27-20(26-4)19(17)13-29(5)16(3)18-11-15(2)21(28-12-18)30-14-22(23,24)25/h7-12,16H,6,13-14H2,1-5H3,(H,26,27)/b8-7+. The van der Waals surface area contributed by atoms with Gasteiger partial charge in [-0.1, -0.05) is 19.1 Å². The van der Waals surface area contributed by atoms with Crippen molar-refractivity contribution >= 4 is 11.9 Å². The number of halogens is 3. The molecule has 5 nitrogen and oxygen atoms in total. The predicted molar refractivity (Wildman–Crippen MR) is 114 cm³/mol. The van der Waals surface area contributed by atoms with Crippen LogP contribution < -0.4 is 10.1 Å². The number of nitrogens with zero attached hydrogens (tertiary/aromatic N) is 3. The number of nitrogens with one attached hydrogen (secondary N) is 1. The fourth-order valence-electron chi connectivity index (χ4n) is 3.04. The molecule has 0 spiro atoms. The fourth-order valence-corrected chi connectivity index (χ4v) is 3.04. The lowest BCUT2D eigenvalue weighted by Gasteiger charge is -2.27. The molecule has 1 unspecified atom stereocenters. The summed E-state index contributed by atoms with van der Waals surface area (Å²) < 4.78 is 42.0. The van der Waals surface area contributed by atoms with Crippen molar-refractivity contribution in [3.63, 3.8) is 0 Å². The third-order valence-electron chi connectivity index (χ3n) is 4.84. The van der Waals surface area contributed by atoms with Crippen LogP contribution in [0.15, 0.2) is 30.6 Å².